The molecule has 1 aliphatic carbocycles. The van der Waals surface area contributed by atoms with Gasteiger partial charge in [-0.2, -0.15) is 0 Å². The van der Waals surface area contributed by atoms with E-state index in [2.05, 4.69) is 0 Å². The molecule has 2 aromatic heterocycles. The zero-order valence-electron chi connectivity index (χ0n) is 22.1. The number of ether oxygens (including phenoxy) is 1. The predicted octanol–water partition coefficient (Wildman–Crippen LogP) is 6.48. The van der Waals surface area contributed by atoms with Gasteiger partial charge >= 0.3 is 5.97 Å². The van der Waals surface area contributed by atoms with E-state index in [9.17, 15) is 18.0 Å². The smallest absolute Gasteiger partial charge is 0.348 e. The first-order valence-corrected chi connectivity index (χ1v) is 15.7. The molecule has 5 rings (SSSR count). The molecule has 210 valence electrons. The fourth-order valence-corrected chi connectivity index (χ4v) is 7.28. The molecule has 2 heterocycles. The molecule has 0 saturated heterocycles. The second-order valence-electron chi connectivity index (χ2n) is 9.52. The molecule has 40 heavy (non-hydrogen) atoms. The number of halogens is 1. The molecule has 0 spiro atoms. The minimum absolute atomic E-state index is 0.00791. The first kappa shape index (κ1) is 28.2. The van der Waals surface area contributed by atoms with E-state index in [4.69, 9.17) is 20.8 Å². The fraction of sp³-hybridized carbons (Fsp3) is 0.310. The molecule has 1 aliphatic rings. The molecule has 0 unspecified atom stereocenters. The number of thiophene rings is 1. The van der Waals surface area contributed by atoms with Gasteiger partial charge in [-0.1, -0.05) is 11.6 Å². The average Bonchev–Trinajstić information content (AvgIpc) is 3.47. The number of sulfonamides is 1. The largest absolute Gasteiger partial charge is 0.467 e. The lowest BCUT2D eigenvalue weighted by Crippen LogP contribution is -2.34. The van der Waals surface area contributed by atoms with Crippen LogP contribution < -0.4 is 4.31 Å². The zero-order valence-corrected chi connectivity index (χ0v) is 24.5. The van der Waals surface area contributed by atoms with Crippen molar-refractivity contribution in [3.63, 3.8) is 0 Å². The lowest BCUT2D eigenvalue weighted by molar-refractivity contribution is -0.134. The van der Waals surface area contributed by atoms with E-state index in [0.717, 1.165) is 17.5 Å². The first-order valence-electron chi connectivity index (χ1n) is 13.0. The summed E-state index contributed by atoms with van der Waals surface area (Å²) < 4.78 is 40.7. The summed E-state index contributed by atoms with van der Waals surface area (Å²) in [6.45, 7) is 4.34. The number of carbonyl (C=O) groups is 2. The Hall–Kier alpha value is -3.34. The highest BCUT2D eigenvalue weighted by Gasteiger charge is 2.35. The summed E-state index contributed by atoms with van der Waals surface area (Å²) in [5.74, 6) is 0.187. The van der Waals surface area contributed by atoms with Crippen LogP contribution in [0, 0.1) is 5.92 Å². The van der Waals surface area contributed by atoms with Gasteiger partial charge in [0.1, 0.15) is 10.6 Å². The topological polar surface area (TPSA) is 97.1 Å². The number of amides is 1. The van der Waals surface area contributed by atoms with Crippen molar-refractivity contribution in [2.75, 3.05) is 17.5 Å². The molecule has 1 saturated carbocycles. The highest BCUT2D eigenvalue weighted by molar-refractivity contribution is 7.92. The van der Waals surface area contributed by atoms with Crippen LogP contribution in [0.3, 0.4) is 0 Å². The number of carbonyl (C=O) groups excluding carboxylic acids is 2. The van der Waals surface area contributed by atoms with Crippen LogP contribution in [-0.2, 0) is 32.6 Å². The number of nitrogens with zero attached hydrogens (tertiary/aromatic N) is 2. The molecule has 2 aromatic carbocycles. The molecular weight excluding hydrogens is 572 g/mol. The summed E-state index contributed by atoms with van der Waals surface area (Å²) in [6.07, 6.45) is 3.24. The van der Waals surface area contributed by atoms with Crippen molar-refractivity contribution in [1.82, 2.24) is 4.90 Å². The van der Waals surface area contributed by atoms with Gasteiger partial charge in [0.25, 0.3) is 10.0 Å². The Kier molecular flexibility index (Phi) is 8.21. The van der Waals surface area contributed by atoms with E-state index < -0.39 is 16.0 Å². The first-order chi connectivity index (χ1) is 19.2. The second-order valence-corrected chi connectivity index (χ2v) is 12.9. The molecule has 0 aliphatic heterocycles. The van der Waals surface area contributed by atoms with Gasteiger partial charge in [-0.25, -0.2) is 13.2 Å². The van der Waals surface area contributed by atoms with E-state index in [1.165, 1.54) is 15.6 Å². The Morgan fingerprint density at radius 1 is 1.07 bits per heavy atom. The van der Waals surface area contributed by atoms with Crippen molar-refractivity contribution in [2.24, 2.45) is 5.92 Å². The molecule has 11 heteroatoms. The number of hydrogen-bond donors (Lipinski definition) is 0. The van der Waals surface area contributed by atoms with E-state index in [1.54, 1.807) is 73.5 Å². The van der Waals surface area contributed by atoms with E-state index in [1.807, 2.05) is 6.07 Å². The fourth-order valence-electron chi connectivity index (χ4n) is 4.60. The lowest BCUT2D eigenvalue weighted by Gasteiger charge is -2.28. The summed E-state index contributed by atoms with van der Waals surface area (Å²) in [5.41, 5.74) is 1.05. The molecule has 1 fully saturated rings. The van der Waals surface area contributed by atoms with E-state index >= 15 is 0 Å². The van der Waals surface area contributed by atoms with Gasteiger partial charge in [-0.3, -0.25) is 9.10 Å². The Bertz CT molecular complexity index is 1640. The van der Waals surface area contributed by atoms with Gasteiger partial charge in [-0.15, -0.1) is 11.3 Å². The van der Waals surface area contributed by atoms with Gasteiger partial charge in [0, 0.05) is 28.7 Å². The van der Waals surface area contributed by atoms with E-state index in [-0.39, 0.29) is 43.0 Å². The van der Waals surface area contributed by atoms with Crippen LogP contribution in [0.1, 0.15) is 47.7 Å². The Morgan fingerprint density at radius 2 is 1.88 bits per heavy atom. The minimum Gasteiger partial charge on any atom is -0.467 e. The monoisotopic (exact) mass is 600 g/mol. The van der Waals surface area contributed by atoms with Crippen molar-refractivity contribution >= 4 is 60.6 Å². The second kappa shape index (κ2) is 11.6. The summed E-state index contributed by atoms with van der Waals surface area (Å²) >= 11 is 7.62. The van der Waals surface area contributed by atoms with Crippen LogP contribution >= 0.6 is 22.9 Å². The van der Waals surface area contributed by atoms with Crippen molar-refractivity contribution in [2.45, 2.75) is 44.7 Å². The third-order valence-electron chi connectivity index (χ3n) is 6.68. The molecule has 4 aromatic rings. The summed E-state index contributed by atoms with van der Waals surface area (Å²) in [6, 6.07) is 15.1. The number of fused-ring (bicyclic) bond motifs is 1. The molecular formula is C29H29ClN2O6S2. The Balaban J connectivity index is 1.49. The van der Waals surface area contributed by atoms with Gasteiger partial charge in [0.2, 0.25) is 5.91 Å². The Labute approximate surface area is 242 Å². The summed E-state index contributed by atoms with van der Waals surface area (Å²) in [5, 5.41) is 1.08. The van der Waals surface area contributed by atoms with Crippen LogP contribution in [0.4, 0.5) is 5.69 Å². The highest BCUT2D eigenvalue weighted by Crippen LogP contribution is 2.36. The Morgan fingerprint density at radius 3 is 2.55 bits per heavy atom. The maximum absolute atomic E-state index is 14.0. The maximum atomic E-state index is 14.0. The van der Waals surface area contributed by atoms with Gasteiger partial charge < -0.3 is 14.1 Å². The zero-order chi connectivity index (χ0) is 28.4. The van der Waals surface area contributed by atoms with Crippen molar-refractivity contribution in [3.05, 3.63) is 82.1 Å². The maximum Gasteiger partial charge on any atom is 0.348 e. The van der Waals surface area contributed by atoms with Gasteiger partial charge in [-0.05, 0) is 92.2 Å². The van der Waals surface area contributed by atoms with Gasteiger partial charge in [0.15, 0.2) is 0 Å². The number of esters is 1. The number of furan rings is 1. The highest BCUT2D eigenvalue weighted by atomic mass is 35.5. The van der Waals surface area contributed by atoms with Crippen LogP contribution in [0.5, 0.6) is 0 Å². The normalized spacial score (nSPS) is 13.4. The van der Waals surface area contributed by atoms with Crippen LogP contribution in [0.25, 0.3) is 10.1 Å². The molecule has 0 radical (unpaired) electrons. The number of hydrogen-bond acceptors (Lipinski definition) is 7. The van der Waals surface area contributed by atoms with Crippen LogP contribution in [-0.4, -0.2) is 38.3 Å². The van der Waals surface area contributed by atoms with E-state index in [0.29, 0.717) is 32.3 Å². The summed E-state index contributed by atoms with van der Waals surface area (Å²) in [4.78, 5) is 27.6. The summed E-state index contributed by atoms with van der Waals surface area (Å²) in [7, 11) is -4.01. The molecule has 0 N–H and O–H groups in total. The van der Waals surface area contributed by atoms with Crippen LogP contribution in [0.15, 0.2) is 70.2 Å². The number of anilines is 1. The van der Waals surface area contributed by atoms with Crippen molar-refractivity contribution < 1.29 is 27.2 Å². The number of benzene rings is 2. The quantitative estimate of drug-likeness (QED) is 0.183. The third kappa shape index (κ3) is 5.89. The van der Waals surface area contributed by atoms with Crippen LogP contribution in [0.2, 0.25) is 5.02 Å². The molecule has 0 bridgehead atoms. The average molecular weight is 601 g/mol. The third-order valence-corrected chi connectivity index (χ3v) is 9.89. The molecule has 0 atom stereocenters. The number of rotatable bonds is 11. The molecule has 8 nitrogen and oxygen atoms in total. The lowest BCUT2D eigenvalue weighted by atomic mass is 10.1. The predicted molar refractivity (Wildman–Crippen MR) is 155 cm³/mol. The standard InChI is InChI=1S/C29H29ClN2O6S2/c1-3-32(40(35,36)24-10-12-26-20(15-24)16-27(39-26)29(34)37-4-2)25-11-9-22(30)14-21(25)17-31(28(33)19-7-8-19)18-23-6-5-13-38-23/h5-6,9-16,19H,3-4,7-8,17-18H2,1-2H3. The van der Waals surface area contributed by atoms with Gasteiger partial charge in [0.05, 0.1) is 30.0 Å². The minimum atomic E-state index is -4.01. The molecule has 1 amide bonds. The van der Waals surface area contributed by atoms with Crippen molar-refractivity contribution in [1.29, 1.82) is 0 Å². The van der Waals surface area contributed by atoms with Crippen molar-refractivity contribution in [3.8, 4) is 0 Å². The SMILES string of the molecule is CCOC(=O)c1cc2cc(S(=O)(=O)N(CC)c3ccc(Cl)cc3CN(Cc3ccco3)C(=O)C3CC3)ccc2s1.